The van der Waals surface area contributed by atoms with E-state index in [1.54, 1.807) is 24.3 Å². The van der Waals surface area contributed by atoms with Crippen LogP contribution in [0.15, 0.2) is 24.3 Å². The lowest BCUT2D eigenvalue weighted by atomic mass is 9.92. The summed E-state index contributed by atoms with van der Waals surface area (Å²) in [5, 5.41) is 3.20. The Kier molecular flexibility index (Phi) is 8.18. The number of alkyl halides is 5. The molecule has 1 N–H and O–H groups in total. The first-order valence-corrected chi connectivity index (χ1v) is 10.4. The Morgan fingerprint density at radius 3 is 2.38 bits per heavy atom. The Balaban J connectivity index is 1.32. The Morgan fingerprint density at radius 1 is 1.09 bits per heavy atom. The van der Waals surface area contributed by atoms with Crippen LogP contribution >= 0.6 is 11.6 Å². The normalized spacial score (nSPS) is 26.3. The monoisotopic (exact) mass is 487 g/mol. The van der Waals surface area contributed by atoms with Crippen molar-refractivity contribution in [2.75, 3.05) is 19.8 Å². The van der Waals surface area contributed by atoms with E-state index in [1.807, 2.05) is 0 Å². The van der Waals surface area contributed by atoms with Crippen LogP contribution in [0.2, 0.25) is 5.02 Å². The lowest BCUT2D eigenvalue weighted by molar-refractivity contribution is -0.358. The fourth-order valence-electron chi connectivity index (χ4n) is 3.41. The van der Waals surface area contributed by atoms with Crippen molar-refractivity contribution in [2.45, 2.75) is 62.3 Å². The first-order valence-electron chi connectivity index (χ1n) is 10.0. The highest BCUT2D eigenvalue weighted by Gasteiger charge is 2.46. The summed E-state index contributed by atoms with van der Waals surface area (Å²) in [6.07, 6.45) is -7.83. The number of nitrogens with one attached hydrogen (secondary N) is 1. The van der Waals surface area contributed by atoms with E-state index in [0.29, 0.717) is 10.8 Å². The van der Waals surface area contributed by atoms with E-state index in [9.17, 15) is 26.7 Å². The van der Waals surface area contributed by atoms with Crippen LogP contribution in [-0.4, -0.2) is 62.4 Å². The summed E-state index contributed by atoms with van der Waals surface area (Å²) in [5.41, 5.74) is 0. The van der Waals surface area contributed by atoms with Crippen LogP contribution < -0.4 is 10.1 Å². The minimum Gasteiger partial charge on any atom is -0.484 e. The predicted octanol–water partition coefficient (Wildman–Crippen LogP) is 4.10. The van der Waals surface area contributed by atoms with E-state index in [-0.39, 0.29) is 38.9 Å². The highest BCUT2D eigenvalue weighted by Crippen LogP contribution is 2.35. The fraction of sp³-hybridized carbons (Fsp3) is 0.650. The van der Waals surface area contributed by atoms with Crippen LogP contribution in [0.5, 0.6) is 5.75 Å². The highest BCUT2D eigenvalue weighted by atomic mass is 35.5. The minimum absolute atomic E-state index is 0.0101. The zero-order valence-corrected chi connectivity index (χ0v) is 17.6. The topological polar surface area (TPSA) is 66.0 Å². The van der Waals surface area contributed by atoms with E-state index in [0.717, 1.165) is 0 Å². The molecule has 1 aromatic carbocycles. The van der Waals surface area contributed by atoms with E-state index in [1.165, 1.54) is 0 Å². The van der Waals surface area contributed by atoms with Crippen LogP contribution in [0.1, 0.15) is 25.7 Å². The molecule has 12 heteroatoms. The summed E-state index contributed by atoms with van der Waals surface area (Å²) < 4.78 is 84.3. The molecule has 0 bridgehead atoms. The predicted molar refractivity (Wildman–Crippen MR) is 103 cm³/mol. The van der Waals surface area contributed by atoms with Crippen LogP contribution in [0.25, 0.3) is 0 Å². The van der Waals surface area contributed by atoms with Crippen molar-refractivity contribution in [3.05, 3.63) is 29.3 Å². The molecule has 180 valence electrons. The van der Waals surface area contributed by atoms with Crippen molar-refractivity contribution < 1.29 is 45.7 Å². The summed E-state index contributed by atoms with van der Waals surface area (Å²) in [6.45, 7) is -1.29. The van der Waals surface area contributed by atoms with Crippen LogP contribution in [-0.2, 0) is 19.0 Å². The highest BCUT2D eigenvalue weighted by molar-refractivity contribution is 6.30. The van der Waals surface area contributed by atoms with Gasteiger partial charge in [-0.05, 0) is 37.1 Å². The molecule has 2 aliphatic rings. The zero-order valence-electron chi connectivity index (χ0n) is 16.9. The second-order valence-corrected chi connectivity index (χ2v) is 8.19. The molecule has 1 saturated carbocycles. The van der Waals surface area contributed by atoms with Gasteiger partial charge in [-0.2, -0.15) is 0 Å². The van der Waals surface area contributed by atoms with Crippen LogP contribution in [0, 0.1) is 0 Å². The molecule has 0 spiro atoms. The summed E-state index contributed by atoms with van der Waals surface area (Å²) in [6, 6.07) is 6.03. The standard InChI is InChI=1S/C20H23ClF5NO5/c21-12-1-4-14(5-2-12)29-10-18(28)27-13-3-6-17(30-9-13)19(22,23)11-31-15-7-16(8-15)32-20(24,25)26/h1-2,4-5,13,15-17H,3,6-11H2,(H,27,28)/t13-,15-,16+,17?/m0/s1. The van der Waals surface area contributed by atoms with Crippen molar-refractivity contribution >= 4 is 17.5 Å². The smallest absolute Gasteiger partial charge is 0.484 e. The van der Waals surface area contributed by atoms with Gasteiger partial charge in [-0.15, -0.1) is 13.2 Å². The molecule has 2 atom stereocenters. The SMILES string of the molecule is O=C(COc1ccc(Cl)cc1)N[C@H]1CCC(C(F)(F)CO[C@H]2C[C@@H](OC(F)(F)F)C2)OC1. The third kappa shape index (κ3) is 7.72. The van der Waals surface area contributed by atoms with Crippen molar-refractivity contribution in [1.29, 1.82) is 0 Å². The average molecular weight is 488 g/mol. The third-order valence-corrected chi connectivity index (χ3v) is 5.41. The number of hydrogen-bond acceptors (Lipinski definition) is 5. The van der Waals surface area contributed by atoms with Gasteiger partial charge in [-0.3, -0.25) is 9.53 Å². The molecular formula is C20H23ClF5NO5. The van der Waals surface area contributed by atoms with E-state index in [4.69, 9.17) is 25.8 Å². The summed E-state index contributed by atoms with van der Waals surface area (Å²) in [7, 11) is 0. The number of rotatable bonds is 9. The van der Waals surface area contributed by atoms with Gasteiger partial charge in [0.05, 0.1) is 24.9 Å². The Labute approximate surface area is 186 Å². The molecule has 3 rings (SSSR count). The molecule has 0 radical (unpaired) electrons. The number of carbonyl (C=O) groups is 1. The minimum atomic E-state index is -4.75. The van der Waals surface area contributed by atoms with Crippen molar-refractivity contribution in [3.63, 3.8) is 0 Å². The Morgan fingerprint density at radius 2 is 1.78 bits per heavy atom. The summed E-state index contributed by atoms with van der Waals surface area (Å²) >= 11 is 5.77. The number of ether oxygens (including phenoxy) is 4. The van der Waals surface area contributed by atoms with Gasteiger partial charge in [0, 0.05) is 17.9 Å². The maximum absolute atomic E-state index is 14.3. The lowest BCUT2D eigenvalue weighted by Crippen LogP contribution is -2.51. The zero-order chi connectivity index (χ0) is 23.4. The van der Waals surface area contributed by atoms with Crippen molar-refractivity contribution in [2.24, 2.45) is 0 Å². The second kappa shape index (κ2) is 10.5. The fourth-order valence-corrected chi connectivity index (χ4v) is 3.53. The van der Waals surface area contributed by atoms with Crippen LogP contribution in [0.4, 0.5) is 22.0 Å². The van der Waals surface area contributed by atoms with Gasteiger partial charge in [0.2, 0.25) is 0 Å². The second-order valence-electron chi connectivity index (χ2n) is 7.76. The number of halogens is 6. The lowest BCUT2D eigenvalue weighted by Gasteiger charge is -2.38. The molecule has 2 fully saturated rings. The maximum atomic E-state index is 14.3. The number of hydrogen-bond donors (Lipinski definition) is 1. The first-order chi connectivity index (χ1) is 15.0. The number of carbonyl (C=O) groups excluding carboxylic acids is 1. The van der Waals surface area contributed by atoms with Gasteiger partial charge in [0.1, 0.15) is 18.5 Å². The Hall–Kier alpha value is -1.69. The van der Waals surface area contributed by atoms with Crippen molar-refractivity contribution in [3.8, 4) is 5.75 Å². The Bertz CT molecular complexity index is 750. The van der Waals surface area contributed by atoms with Gasteiger partial charge in [-0.25, -0.2) is 8.78 Å². The van der Waals surface area contributed by atoms with Crippen molar-refractivity contribution in [1.82, 2.24) is 5.32 Å². The number of amides is 1. The summed E-state index contributed by atoms with van der Waals surface area (Å²) in [5.74, 6) is -3.25. The molecule has 1 aliphatic heterocycles. The molecule has 6 nitrogen and oxygen atoms in total. The molecule has 1 aromatic rings. The first kappa shape index (κ1) is 24.9. The van der Waals surface area contributed by atoms with Gasteiger partial charge in [0.15, 0.2) is 6.61 Å². The van der Waals surface area contributed by atoms with Gasteiger partial charge < -0.3 is 19.5 Å². The summed E-state index contributed by atoms with van der Waals surface area (Å²) in [4.78, 5) is 12.0. The molecule has 1 unspecified atom stereocenters. The van der Waals surface area contributed by atoms with Gasteiger partial charge in [-0.1, -0.05) is 11.6 Å². The molecule has 1 aliphatic carbocycles. The molecule has 1 amide bonds. The average Bonchev–Trinajstić information content (AvgIpc) is 2.69. The van der Waals surface area contributed by atoms with E-state index >= 15 is 0 Å². The number of benzene rings is 1. The molecule has 0 aromatic heterocycles. The van der Waals surface area contributed by atoms with Gasteiger partial charge >= 0.3 is 6.36 Å². The maximum Gasteiger partial charge on any atom is 0.522 e. The molecule has 32 heavy (non-hydrogen) atoms. The molecule has 1 saturated heterocycles. The quantitative estimate of drug-likeness (QED) is 0.531. The van der Waals surface area contributed by atoms with E-state index in [2.05, 4.69) is 10.1 Å². The molecule has 1 heterocycles. The molecular weight excluding hydrogens is 465 g/mol. The van der Waals surface area contributed by atoms with E-state index < -0.39 is 49.2 Å². The van der Waals surface area contributed by atoms with Gasteiger partial charge in [0.25, 0.3) is 11.8 Å². The third-order valence-electron chi connectivity index (χ3n) is 5.16. The largest absolute Gasteiger partial charge is 0.522 e. The van der Waals surface area contributed by atoms with Crippen LogP contribution in [0.3, 0.4) is 0 Å².